The van der Waals surface area contributed by atoms with E-state index in [1.807, 2.05) is 13.8 Å². The average Bonchev–Trinajstić information content (AvgIpc) is 2.52. The molecular weight excluding hydrogens is 327 g/mol. The maximum atomic E-state index is 12.9. The van der Waals surface area contributed by atoms with Crippen LogP contribution in [0.4, 0.5) is 18.9 Å². The number of ether oxygens (including phenoxy) is 1. The predicted octanol–water partition coefficient (Wildman–Crippen LogP) is 3.00. The Morgan fingerprint density at radius 3 is 2.21 bits per heavy atom. The van der Waals surface area contributed by atoms with Gasteiger partial charge in [0.05, 0.1) is 13.5 Å². The van der Waals surface area contributed by atoms with Crippen molar-refractivity contribution in [3.63, 3.8) is 0 Å². The van der Waals surface area contributed by atoms with Gasteiger partial charge in [-0.25, -0.2) is 4.79 Å². The Labute approximate surface area is 137 Å². The van der Waals surface area contributed by atoms with Crippen molar-refractivity contribution in [1.82, 2.24) is 0 Å². The average molecular weight is 347 g/mol. The zero-order valence-corrected chi connectivity index (χ0v) is 13.6. The molecule has 0 spiro atoms. The van der Waals surface area contributed by atoms with Gasteiger partial charge in [0.15, 0.2) is 0 Å². The number of carbonyl (C=O) groups excluding carboxylic acids is 2. The molecule has 2 unspecified atom stereocenters. The molecule has 0 aliphatic heterocycles. The summed E-state index contributed by atoms with van der Waals surface area (Å²) < 4.78 is 42.6. The number of amides is 1. The molecule has 0 bridgehead atoms. The van der Waals surface area contributed by atoms with Gasteiger partial charge in [-0.05, 0) is 30.0 Å². The number of aliphatic hydroxyl groups is 1. The van der Waals surface area contributed by atoms with Crippen molar-refractivity contribution in [2.24, 2.45) is 0 Å². The van der Waals surface area contributed by atoms with Crippen LogP contribution in [0.15, 0.2) is 24.3 Å². The van der Waals surface area contributed by atoms with Crippen molar-refractivity contribution in [1.29, 1.82) is 0 Å². The van der Waals surface area contributed by atoms with Crippen LogP contribution in [0.1, 0.15) is 38.2 Å². The number of benzene rings is 1. The van der Waals surface area contributed by atoms with Gasteiger partial charge in [-0.3, -0.25) is 4.79 Å². The molecule has 1 aromatic carbocycles. The number of halogens is 3. The highest BCUT2D eigenvalue weighted by molar-refractivity contribution is 5.96. The number of alkyl halides is 3. The fraction of sp³-hybridized carbons (Fsp3) is 0.500. The largest absolute Gasteiger partial charge is 0.467 e. The number of anilines is 1. The van der Waals surface area contributed by atoms with Crippen molar-refractivity contribution < 1.29 is 32.6 Å². The smallest absolute Gasteiger partial charge is 0.428 e. The summed E-state index contributed by atoms with van der Waals surface area (Å²) in [5, 5.41) is 11.8. The van der Waals surface area contributed by atoms with Crippen molar-refractivity contribution in [3.05, 3.63) is 29.8 Å². The van der Waals surface area contributed by atoms with Crippen molar-refractivity contribution in [3.8, 4) is 0 Å². The second kappa shape index (κ2) is 7.65. The van der Waals surface area contributed by atoms with Crippen LogP contribution in [0, 0.1) is 0 Å². The SMILES string of the molecule is CCC(C)c1ccc(NC(=O)CC(O)(C(=O)OC)C(F)(F)F)cc1. The molecule has 1 rings (SSSR count). The Bertz CT molecular complexity index is 586. The Kier molecular flexibility index (Phi) is 6.36. The highest BCUT2D eigenvalue weighted by atomic mass is 19.4. The van der Waals surface area contributed by atoms with E-state index in [1.54, 1.807) is 24.3 Å². The zero-order valence-electron chi connectivity index (χ0n) is 13.6. The summed E-state index contributed by atoms with van der Waals surface area (Å²) >= 11 is 0. The molecule has 0 aromatic heterocycles. The minimum atomic E-state index is -5.34. The van der Waals surface area contributed by atoms with Crippen molar-refractivity contribution in [2.45, 2.75) is 44.4 Å². The monoisotopic (exact) mass is 347 g/mol. The van der Waals surface area contributed by atoms with Crippen LogP contribution in [0.25, 0.3) is 0 Å². The number of carbonyl (C=O) groups is 2. The van der Waals surface area contributed by atoms with Gasteiger partial charge in [0.1, 0.15) is 0 Å². The number of rotatable bonds is 6. The fourth-order valence-electron chi connectivity index (χ4n) is 2.03. The molecule has 1 aromatic rings. The lowest BCUT2D eigenvalue weighted by molar-refractivity contribution is -0.261. The number of methoxy groups -OCH3 is 1. The van der Waals surface area contributed by atoms with E-state index < -0.39 is 30.1 Å². The van der Waals surface area contributed by atoms with E-state index in [2.05, 4.69) is 10.1 Å². The second-order valence-corrected chi connectivity index (χ2v) is 5.51. The van der Waals surface area contributed by atoms with Gasteiger partial charge in [-0.1, -0.05) is 26.0 Å². The molecular formula is C16H20F3NO4. The third-order valence-electron chi connectivity index (χ3n) is 3.78. The molecule has 24 heavy (non-hydrogen) atoms. The van der Waals surface area contributed by atoms with Crippen molar-refractivity contribution >= 4 is 17.6 Å². The first-order valence-electron chi connectivity index (χ1n) is 7.32. The van der Waals surface area contributed by atoms with Crippen LogP contribution >= 0.6 is 0 Å². The lowest BCUT2D eigenvalue weighted by Crippen LogP contribution is -2.54. The molecule has 0 heterocycles. The van der Waals surface area contributed by atoms with E-state index in [0.29, 0.717) is 13.0 Å². The maximum absolute atomic E-state index is 12.9. The molecule has 134 valence electrons. The van der Waals surface area contributed by atoms with Gasteiger partial charge >= 0.3 is 12.1 Å². The lowest BCUT2D eigenvalue weighted by atomic mass is 9.97. The summed E-state index contributed by atoms with van der Waals surface area (Å²) in [4.78, 5) is 23.0. The molecule has 0 saturated heterocycles. The molecule has 2 N–H and O–H groups in total. The summed E-state index contributed by atoms with van der Waals surface area (Å²) in [5.74, 6) is -2.78. The number of nitrogens with one attached hydrogen (secondary N) is 1. The Morgan fingerprint density at radius 2 is 1.79 bits per heavy atom. The van der Waals surface area contributed by atoms with Crippen LogP contribution in [0.3, 0.4) is 0 Å². The molecule has 1 amide bonds. The summed E-state index contributed by atoms with van der Waals surface area (Å²) in [6.07, 6.45) is -5.91. The first kappa shape index (κ1) is 20.0. The lowest BCUT2D eigenvalue weighted by Gasteiger charge is -2.26. The van der Waals surface area contributed by atoms with Gasteiger partial charge in [-0.2, -0.15) is 13.2 Å². The van der Waals surface area contributed by atoms with E-state index >= 15 is 0 Å². The van der Waals surface area contributed by atoms with Crippen LogP contribution in [0.5, 0.6) is 0 Å². The molecule has 0 aliphatic carbocycles. The predicted molar refractivity (Wildman–Crippen MR) is 81.4 cm³/mol. The van der Waals surface area contributed by atoms with E-state index in [1.165, 1.54) is 0 Å². The van der Waals surface area contributed by atoms with E-state index in [-0.39, 0.29) is 5.69 Å². The van der Waals surface area contributed by atoms with E-state index in [9.17, 15) is 27.9 Å². The molecule has 0 saturated carbocycles. The van der Waals surface area contributed by atoms with Crippen molar-refractivity contribution in [2.75, 3.05) is 12.4 Å². The Morgan fingerprint density at radius 1 is 1.25 bits per heavy atom. The van der Waals surface area contributed by atoms with Gasteiger partial charge in [0.2, 0.25) is 5.91 Å². The molecule has 0 aliphatic rings. The van der Waals surface area contributed by atoms with Crippen LogP contribution in [-0.4, -0.2) is 35.9 Å². The molecule has 0 radical (unpaired) electrons. The minimum absolute atomic E-state index is 0.265. The van der Waals surface area contributed by atoms with Crippen LogP contribution in [-0.2, 0) is 14.3 Å². The highest BCUT2D eigenvalue weighted by Gasteiger charge is 2.61. The molecule has 0 fully saturated rings. The van der Waals surface area contributed by atoms with Gasteiger partial charge in [-0.15, -0.1) is 0 Å². The van der Waals surface area contributed by atoms with Gasteiger partial charge in [0.25, 0.3) is 5.60 Å². The van der Waals surface area contributed by atoms with E-state index in [0.717, 1.165) is 12.0 Å². The normalized spacial score (nSPS) is 15.3. The summed E-state index contributed by atoms with van der Waals surface area (Å²) in [6.45, 7) is 4.04. The zero-order chi connectivity index (χ0) is 18.5. The third-order valence-corrected chi connectivity index (χ3v) is 3.78. The highest BCUT2D eigenvalue weighted by Crippen LogP contribution is 2.34. The van der Waals surface area contributed by atoms with Gasteiger partial charge < -0.3 is 15.2 Å². The molecule has 2 atom stereocenters. The third kappa shape index (κ3) is 4.47. The first-order valence-corrected chi connectivity index (χ1v) is 7.32. The summed E-state index contributed by atoms with van der Waals surface area (Å²) in [5.41, 5.74) is -2.60. The Hall–Kier alpha value is -2.09. The molecule has 5 nitrogen and oxygen atoms in total. The fourth-order valence-corrected chi connectivity index (χ4v) is 2.03. The van der Waals surface area contributed by atoms with E-state index in [4.69, 9.17) is 0 Å². The van der Waals surface area contributed by atoms with Crippen LogP contribution < -0.4 is 5.32 Å². The first-order chi connectivity index (χ1) is 11.0. The van der Waals surface area contributed by atoms with Crippen LogP contribution in [0.2, 0.25) is 0 Å². The quantitative estimate of drug-likeness (QED) is 0.776. The number of hydrogen-bond donors (Lipinski definition) is 2. The number of hydrogen-bond acceptors (Lipinski definition) is 4. The van der Waals surface area contributed by atoms with Gasteiger partial charge in [0, 0.05) is 5.69 Å². The summed E-state index contributed by atoms with van der Waals surface area (Å²) in [6, 6.07) is 6.59. The topological polar surface area (TPSA) is 75.6 Å². The minimum Gasteiger partial charge on any atom is -0.467 e. The summed E-state index contributed by atoms with van der Waals surface area (Å²) in [7, 11) is 0.699. The molecule has 8 heteroatoms. The maximum Gasteiger partial charge on any atom is 0.428 e. The second-order valence-electron chi connectivity index (χ2n) is 5.51. The number of esters is 1. The standard InChI is InChI=1S/C16H20F3NO4/c1-4-10(2)11-5-7-12(8-6-11)20-13(21)9-15(23,14(22)24-3)16(17,18)19/h5-8,10,23H,4,9H2,1-3H3,(H,20,21). The Balaban J connectivity index is 2.85.